The number of nitriles is 1. The summed E-state index contributed by atoms with van der Waals surface area (Å²) in [6, 6.07) is 15.9. The van der Waals surface area contributed by atoms with E-state index < -0.39 is 11.0 Å². The Morgan fingerprint density at radius 2 is 1.54 bits per heavy atom. The molecule has 0 aliphatic heterocycles. The zero-order valence-corrected chi connectivity index (χ0v) is 28.0. The minimum atomic E-state index is -0.517. The number of thioether (sulfide) groups is 1. The number of H-pyrrole nitrogens is 1. The van der Waals surface area contributed by atoms with Crippen molar-refractivity contribution in [3.05, 3.63) is 80.2 Å². The number of hydrogen-bond donors (Lipinski definition) is 1. The number of nitrogens with one attached hydrogen (secondary N) is 1. The number of aromatic amines is 1. The van der Waals surface area contributed by atoms with Crippen molar-refractivity contribution in [1.29, 1.82) is 5.26 Å². The van der Waals surface area contributed by atoms with E-state index in [1.54, 1.807) is 24.3 Å². The molecule has 0 saturated heterocycles. The maximum atomic E-state index is 14.0. The Morgan fingerprint density at radius 1 is 0.854 bits per heavy atom. The van der Waals surface area contributed by atoms with Gasteiger partial charge in [0.25, 0.3) is 5.56 Å². The average Bonchev–Trinajstić information content (AvgIpc) is 3.10. The number of hydrogen-bond acceptors (Lipinski definition) is 12. The third-order valence-corrected chi connectivity index (χ3v) is 8.34. The lowest BCUT2D eigenvalue weighted by Crippen LogP contribution is -2.15. The lowest BCUT2D eigenvalue weighted by molar-refractivity contribution is 0.309. The van der Waals surface area contributed by atoms with Crippen LogP contribution < -0.4 is 39.4 Å². The van der Waals surface area contributed by atoms with Gasteiger partial charge in [-0.2, -0.15) is 5.26 Å². The minimum absolute atomic E-state index is 0.0446. The standard InChI is InChI=1S/C35H33N3O9S/c1-19-8-10-20(11-9-19)29-23(18-36)34(40)38-35(37-29)48-13-7-12-46-33-30(39)28-24(42-3)16-22(41-2)17-25(28)47-31(33)21-14-26(43-4)32(45-6)27(15-21)44-5/h8-11,14-17H,7,12-13H2,1-6H3,(H,37,38,40). The largest absolute Gasteiger partial charge is 0.496 e. The lowest BCUT2D eigenvalue weighted by atomic mass is 10.1. The van der Waals surface area contributed by atoms with Gasteiger partial charge in [0.15, 0.2) is 22.4 Å². The normalized spacial score (nSPS) is 10.8. The molecule has 0 aliphatic rings. The Labute approximate surface area is 280 Å². The SMILES string of the molecule is COc1cc(OC)c2c(=O)c(OCCCSc3nc(-c4ccc(C)cc4)c(C#N)c(=O)[nH]3)c(-c3cc(OC)c(OC)c(OC)c3)oc2c1. The van der Waals surface area contributed by atoms with E-state index in [0.29, 0.717) is 57.1 Å². The molecule has 0 atom stereocenters. The van der Waals surface area contributed by atoms with E-state index >= 15 is 0 Å². The average molecular weight is 672 g/mol. The van der Waals surface area contributed by atoms with Crippen LogP contribution in [0, 0.1) is 18.3 Å². The van der Waals surface area contributed by atoms with E-state index in [-0.39, 0.29) is 40.4 Å². The lowest BCUT2D eigenvalue weighted by Gasteiger charge is -2.17. The number of fused-ring (bicyclic) bond motifs is 1. The van der Waals surface area contributed by atoms with Crippen molar-refractivity contribution in [3.8, 4) is 63.1 Å². The number of aromatic nitrogens is 2. The second kappa shape index (κ2) is 14.9. The number of aryl methyl sites for hydroxylation is 1. The van der Waals surface area contributed by atoms with Crippen LogP contribution in [0.5, 0.6) is 34.5 Å². The molecule has 0 fully saturated rings. The summed E-state index contributed by atoms with van der Waals surface area (Å²) in [5.74, 6) is 2.34. The van der Waals surface area contributed by atoms with Gasteiger partial charge in [0.2, 0.25) is 16.9 Å². The van der Waals surface area contributed by atoms with Crippen molar-refractivity contribution < 1.29 is 32.8 Å². The van der Waals surface area contributed by atoms with Gasteiger partial charge in [0.05, 0.1) is 47.8 Å². The van der Waals surface area contributed by atoms with E-state index in [2.05, 4.69) is 9.97 Å². The molecule has 2 heterocycles. The van der Waals surface area contributed by atoms with Crippen molar-refractivity contribution in [3.63, 3.8) is 0 Å². The molecule has 1 N–H and O–H groups in total. The number of benzene rings is 3. The summed E-state index contributed by atoms with van der Waals surface area (Å²) in [7, 11) is 7.42. The molecule has 2 aromatic heterocycles. The highest BCUT2D eigenvalue weighted by molar-refractivity contribution is 7.99. The van der Waals surface area contributed by atoms with Crippen LogP contribution >= 0.6 is 11.8 Å². The molecule has 0 unspecified atom stereocenters. The van der Waals surface area contributed by atoms with Crippen molar-refractivity contribution in [2.75, 3.05) is 47.9 Å². The van der Waals surface area contributed by atoms with Gasteiger partial charge in [-0.1, -0.05) is 41.6 Å². The highest BCUT2D eigenvalue weighted by Crippen LogP contribution is 2.44. The van der Waals surface area contributed by atoms with Gasteiger partial charge in [0.1, 0.15) is 34.1 Å². The first-order chi connectivity index (χ1) is 23.3. The maximum Gasteiger partial charge on any atom is 0.270 e. The first-order valence-electron chi connectivity index (χ1n) is 14.7. The quantitative estimate of drug-likeness (QED) is 0.0887. The monoisotopic (exact) mass is 671 g/mol. The van der Waals surface area contributed by atoms with Gasteiger partial charge < -0.3 is 37.8 Å². The van der Waals surface area contributed by atoms with Crippen LogP contribution in [0.25, 0.3) is 33.6 Å². The van der Waals surface area contributed by atoms with Crippen molar-refractivity contribution >= 4 is 22.7 Å². The van der Waals surface area contributed by atoms with Gasteiger partial charge in [-0.05, 0) is 25.5 Å². The topological polar surface area (TPSA) is 155 Å². The van der Waals surface area contributed by atoms with Crippen LogP contribution in [0.4, 0.5) is 0 Å². The van der Waals surface area contributed by atoms with Crippen LogP contribution in [0.15, 0.2) is 67.7 Å². The summed E-state index contributed by atoms with van der Waals surface area (Å²) in [4.78, 5) is 34.0. The highest BCUT2D eigenvalue weighted by Gasteiger charge is 2.24. The van der Waals surface area contributed by atoms with Gasteiger partial charge in [-0.3, -0.25) is 9.59 Å². The number of rotatable bonds is 13. The molecule has 0 bridgehead atoms. The van der Waals surface area contributed by atoms with E-state index in [4.69, 9.17) is 32.8 Å². The predicted molar refractivity (Wildman–Crippen MR) is 181 cm³/mol. The fraction of sp³-hybridized carbons (Fsp3) is 0.257. The summed E-state index contributed by atoms with van der Waals surface area (Å²) >= 11 is 1.29. The molecule has 13 heteroatoms. The Hall–Kier alpha value is -5.61. The molecular formula is C35H33N3O9S. The summed E-state index contributed by atoms with van der Waals surface area (Å²) in [5, 5.41) is 10.1. The van der Waals surface area contributed by atoms with E-state index in [1.807, 2.05) is 37.3 Å². The highest BCUT2D eigenvalue weighted by atomic mass is 32.2. The number of ether oxygens (including phenoxy) is 6. The molecule has 0 amide bonds. The van der Waals surface area contributed by atoms with Crippen LogP contribution in [0.3, 0.4) is 0 Å². The molecule has 0 saturated carbocycles. The first kappa shape index (κ1) is 33.7. The summed E-state index contributed by atoms with van der Waals surface area (Å²) in [6.45, 7) is 2.07. The smallest absolute Gasteiger partial charge is 0.270 e. The second-order valence-electron chi connectivity index (χ2n) is 10.3. The third kappa shape index (κ3) is 6.74. The van der Waals surface area contributed by atoms with Crippen molar-refractivity contribution in [2.45, 2.75) is 18.5 Å². The molecule has 3 aromatic carbocycles. The maximum absolute atomic E-state index is 14.0. The molecule has 5 aromatic rings. The third-order valence-electron chi connectivity index (χ3n) is 7.38. The number of nitrogens with zero attached hydrogens (tertiary/aromatic N) is 2. The Bertz CT molecular complexity index is 2090. The van der Waals surface area contributed by atoms with Crippen LogP contribution in [-0.4, -0.2) is 57.9 Å². The van der Waals surface area contributed by atoms with Gasteiger partial charge in [0, 0.05) is 29.0 Å². The molecule has 248 valence electrons. The van der Waals surface area contributed by atoms with E-state index in [9.17, 15) is 14.9 Å². The number of methoxy groups -OCH3 is 5. The Morgan fingerprint density at radius 3 is 2.15 bits per heavy atom. The molecule has 0 aliphatic carbocycles. The van der Waals surface area contributed by atoms with Gasteiger partial charge >= 0.3 is 0 Å². The van der Waals surface area contributed by atoms with Gasteiger partial charge in [-0.25, -0.2) is 4.98 Å². The van der Waals surface area contributed by atoms with Crippen LogP contribution in [0.1, 0.15) is 17.5 Å². The fourth-order valence-electron chi connectivity index (χ4n) is 5.00. The first-order valence-corrected chi connectivity index (χ1v) is 15.7. The zero-order valence-electron chi connectivity index (χ0n) is 27.2. The van der Waals surface area contributed by atoms with E-state index in [1.165, 1.54) is 47.3 Å². The zero-order chi connectivity index (χ0) is 34.4. The molecule has 0 spiro atoms. The predicted octanol–water partition coefficient (Wildman–Crippen LogP) is 5.99. The molecular weight excluding hydrogens is 638 g/mol. The Kier molecular flexibility index (Phi) is 10.5. The summed E-state index contributed by atoms with van der Waals surface area (Å²) in [5.41, 5.74) is 1.67. The van der Waals surface area contributed by atoms with E-state index in [0.717, 1.165) is 5.56 Å². The molecule has 12 nitrogen and oxygen atoms in total. The summed E-state index contributed by atoms with van der Waals surface area (Å²) < 4.78 is 39.9. The van der Waals surface area contributed by atoms with Gasteiger partial charge in [-0.15, -0.1) is 0 Å². The van der Waals surface area contributed by atoms with Crippen molar-refractivity contribution in [1.82, 2.24) is 9.97 Å². The molecule has 48 heavy (non-hydrogen) atoms. The minimum Gasteiger partial charge on any atom is -0.496 e. The molecule has 5 rings (SSSR count). The fourth-order valence-corrected chi connectivity index (χ4v) is 5.78. The van der Waals surface area contributed by atoms with Crippen LogP contribution in [0.2, 0.25) is 0 Å². The Balaban J connectivity index is 1.46. The summed E-state index contributed by atoms with van der Waals surface area (Å²) in [6.07, 6.45) is 0.458. The second-order valence-corrected chi connectivity index (χ2v) is 11.4. The van der Waals surface area contributed by atoms with Crippen molar-refractivity contribution in [2.24, 2.45) is 0 Å². The van der Waals surface area contributed by atoms with Crippen LogP contribution in [-0.2, 0) is 0 Å². The molecule has 0 radical (unpaired) electrons.